The van der Waals surface area contributed by atoms with Crippen molar-refractivity contribution in [1.29, 1.82) is 0 Å². The number of carbonyl (C=O) groups is 2. The number of carboxylic acid groups (broad SMARTS) is 1. The van der Waals surface area contributed by atoms with Gasteiger partial charge in [-0.2, -0.15) is 11.8 Å². The van der Waals surface area contributed by atoms with Crippen molar-refractivity contribution in [1.82, 2.24) is 19.5 Å². The number of fused-ring (bicyclic) bond motifs is 1. The van der Waals surface area contributed by atoms with Crippen LogP contribution in [0.15, 0.2) is 17.1 Å². The zero-order valence-corrected chi connectivity index (χ0v) is 14.0. The molecule has 2 aromatic rings. The number of thioether (sulfide) groups is 1. The summed E-state index contributed by atoms with van der Waals surface area (Å²) in [4.78, 5) is 42.1. The number of carboxylic acids is 1. The molecule has 0 spiro atoms. The summed E-state index contributed by atoms with van der Waals surface area (Å²) in [5.74, 6) is 0.221. The van der Waals surface area contributed by atoms with E-state index in [1.807, 2.05) is 0 Å². The van der Waals surface area contributed by atoms with E-state index in [1.54, 1.807) is 35.8 Å². The van der Waals surface area contributed by atoms with Crippen LogP contribution in [0.3, 0.4) is 0 Å². The quantitative estimate of drug-likeness (QED) is 0.821. The van der Waals surface area contributed by atoms with Crippen molar-refractivity contribution in [2.24, 2.45) is 0 Å². The maximum atomic E-state index is 12.7. The highest BCUT2D eigenvalue weighted by atomic mass is 32.2. The lowest BCUT2D eigenvalue weighted by molar-refractivity contribution is -0.140. The average molecular weight is 350 g/mol. The van der Waals surface area contributed by atoms with Crippen LogP contribution in [0.1, 0.15) is 17.7 Å². The fourth-order valence-electron chi connectivity index (χ4n) is 2.92. The predicted molar refractivity (Wildman–Crippen MR) is 89.3 cm³/mol. The first kappa shape index (κ1) is 16.6. The molecule has 8 nitrogen and oxygen atoms in total. The molecular formula is C15H18N4O4S. The number of nitrogens with one attached hydrogen (secondary N) is 1. The second kappa shape index (κ2) is 6.68. The molecule has 0 saturated carbocycles. The van der Waals surface area contributed by atoms with Crippen LogP contribution in [-0.4, -0.2) is 60.6 Å². The Morgan fingerprint density at radius 3 is 3.04 bits per heavy atom. The van der Waals surface area contributed by atoms with E-state index in [2.05, 4.69) is 10.1 Å². The molecule has 1 unspecified atom stereocenters. The Bertz CT molecular complexity index is 844. The van der Waals surface area contributed by atoms with Crippen LogP contribution in [-0.2, 0) is 16.0 Å². The number of hydrogen-bond donors (Lipinski definition) is 2. The van der Waals surface area contributed by atoms with Gasteiger partial charge >= 0.3 is 5.97 Å². The molecule has 0 aliphatic carbocycles. The van der Waals surface area contributed by atoms with Crippen LogP contribution < -0.4 is 5.56 Å². The Morgan fingerprint density at radius 1 is 1.50 bits per heavy atom. The van der Waals surface area contributed by atoms with E-state index in [0.29, 0.717) is 29.2 Å². The van der Waals surface area contributed by atoms with Crippen LogP contribution in [0.4, 0.5) is 0 Å². The number of H-pyrrole nitrogens is 1. The monoisotopic (exact) mass is 350 g/mol. The highest BCUT2D eigenvalue weighted by Gasteiger charge is 2.29. The second-order valence-electron chi connectivity index (χ2n) is 5.73. The van der Waals surface area contributed by atoms with Crippen molar-refractivity contribution in [3.8, 4) is 0 Å². The van der Waals surface area contributed by atoms with Gasteiger partial charge in [0.1, 0.15) is 0 Å². The van der Waals surface area contributed by atoms with E-state index in [4.69, 9.17) is 5.11 Å². The average Bonchev–Trinajstić information content (AvgIpc) is 2.99. The Morgan fingerprint density at radius 2 is 2.29 bits per heavy atom. The van der Waals surface area contributed by atoms with Gasteiger partial charge in [-0.05, 0) is 6.92 Å². The minimum atomic E-state index is -0.925. The van der Waals surface area contributed by atoms with Gasteiger partial charge in [-0.15, -0.1) is 0 Å². The topological polar surface area (TPSA) is 108 Å². The standard InChI is InChI=1S/C15H18N4O4S/c1-9-11(15(23)19-12(17-9)2-3-16-19)7-13(20)18-4-5-24-8-10(18)6-14(21)22/h2-3,10,16H,4-8H2,1H3,(H,21,22). The summed E-state index contributed by atoms with van der Waals surface area (Å²) >= 11 is 1.64. The van der Waals surface area contributed by atoms with Gasteiger partial charge < -0.3 is 10.0 Å². The largest absolute Gasteiger partial charge is 0.481 e. The van der Waals surface area contributed by atoms with Crippen molar-refractivity contribution in [3.05, 3.63) is 33.9 Å². The number of amides is 1. The number of aromatic nitrogens is 3. The molecule has 128 valence electrons. The fraction of sp³-hybridized carbons (Fsp3) is 0.467. The van der Waals surface area contributed by atoms with Gasteiger partial charge in [-0.25, -0.2) is 9.50 Å². The van der Waals surface area contributed by atoms with E-state index >= 15 is 0 Å². The number of carbonyl (C=O) groups excluding carboxylic acids is 1. The molecule has 1 fully saturated rings. The molecule has 3 rings (SSSR count). The zero-order valence-electron chi connectivity index (χ0n) is 13.2. The van der Waals surface area contributed by atoms with Gasteiger partial charge in [0.25, 0.3) is 5.56 Å². The predicted octanol–water partition coefficient (Wildman–Crippen LogP) is 0.292. The molecule has 1 amide bonds. The van der Waals surface area contributed by atoms with Gasteiger partial charge in [-0.3, -0.25) is 19.5 Å². The first-order valence-electron chi connectivity index (χ1n) is 7.62. The fourth-order valence-corrected chi connectivity index (χ4v) is 3.98. The van der Waals surface area contributed by atoms with Gasteiger partial charge in [-0.1, -0.05) is 0 Å². The number of hydrogen-bond acceptors (Lipinski definition) is 5. The van der Waals surface area contributed by atoms with Gasteiger partial charge in [0.05, 0.1) is 18.9 Å². The number of aryl methyl sites for hydroxylation is 1. The summed E-state index contributed by atoms with van der Waals surface area (Å²) < 4.78 is 1.30. The summed E-state index contributed by atoms with van der Waals surface area (Å²) in [6.45, 7) is 2.21. The smallest absolute Gasteiger partial charge is 0.305 e. The van der Waals surface area contributed by atoms with Crippen molar-refractivity contribution in [3.63, 3.8) is 0 Å². The normalized spacial score (nSPS) is 18.0. The highest BCUT2D eigenvalue weighted by Crippen LogP contribution is 2.20. The number of nitrogens with zero attached hydrogens (tertiary/aromatic N) is 3. The van der Waals surface area contributed by atoms with Crippen LogP contribution in [0.5, 0.6) is 0 Å². The van der Waals surface area contributed by atoms with Crippen LogP contribution in [0, 0.1) is 6.92 Å². The van der Waals surface area contributed by atoms with Gasteiger partial charge in [0.2, 0.25) is 5.91 Å². The molecule has 3 heterocycles. The van der Waals surface area contributed by atoms with Crippen molar-refractivity contribution in [2.75, 3.05) is 18.1 Å². The second-order valence-corrected chi connectivity index (χ2v) is 6.88. The van der Waals surface area contributed by atoms with Crippen molar-refractivity contribution < 1.29 is 14.7 Å². The minimum Gasteiger partial charge on any atom is -0.481 e. The SMILES string of the molecule is Cc1nc2cc[nH]n2c(=O)c1CC(=O)N1CCSCC1CC(=O)O. The summed E-state index contributed by atoms with van der Waals surface area (Å²) in [5.41, 5.74) is 1.07. The molecule has 24 heavy (non-hydrogen) atoms. The Labute approximate surface area is 141 Å². The zero-order chi connectivity index (χ0) is 17.3. The minimum absolute atomic E-state index is 0.0690. The molecule has 1 aliphatic heterocycles. The lowest BCUT2D eigenvalue weighted by atomic mass is 10.1. The number of rotatable bonds is 4. The van der Waals surface area contributed by atoms with Gasteiger partial charge in [0, 0.05) is 41.6 Å². The molecule has 1 aliphatic rings. The molecule has 0 bridgehead atoms. The third-order valence-electron chi connectivity index (χ3n) is 4.13. The molecule has 0 aromatic carbocycles. The summed E-state index contributed by atoms with van der Waals surface area (Å²) in [6, 6.07) is 1.35. The first-order valence-corrected chi connectivity index (χ1v) is 8.77. The lowest BCUT2D eigenvalue weighted by Crippen LogP contribution is -2.48. The van der Waals surface area contributed by atoms with E-state index in [9.17, 15) is 14.4 Å². The van der Waals surface area contributed by atoms with Crippen LogP contribution in [0.2, 0.25) is 0 Å². The van der Waals surface area contributed by atoms with Crippen molar-refractivity contribution >= 4 is 29.3 Å². The first-order chi connectivity index (χ1) is 11.5. The molecule has 0 radical (unpaired) electrons. The molecule has 1 saturated heterocycles. The summed E-state index contributed by atoms with van der Waals surface area (Å²) in [5, 5.41) is 11.8. The summed E-state index contributed by atoms with van der Waals surface area (Å²) in [7, 11) is 0. The Balaban J connectivity index is 1.86. The maximum absolute atomic E-state index is 12.7. The molecule has 9 heteroatoms. The molecule has 1 atom stereocenters. The number of aromatic amines is 1. The maximum Gasteiger partial charge on any atom is 0.305 e. The third kappa shape index (κ3) is 3.16. The molecule has 2 N–H and O–H groups in total. The van der Waals surface area contributed by atoms with E-state index in [1.165, 1.54) is 4.52 Å². The highest BCUT2D eigenvalue weighted by molar-refractivity contribution is 7.99. The number of aliphatic carboxylic acids is 1. The van der Waals surface area contributed by atoms with Gasteiger partial charge in [0.15, 0.2) is 5.65 Å². The van der Waals surface area contributed by atoms with E-state index < -0.39 is 5.97 Å². The van der Waals surface area contributed by atoms with Crippen LogP contribution >= 0.6 is 11.8 Å². The van der Waals surface area contributed by atoms with E-state index in [-0.39, 0.29) is 30.3 Å². The lowest BCUT2D eigenvalue weighted by Gasteiger charge is -2.34. The summed E-state index contributed by atoms with van der Waals surface area (Å²) in [6.07, 6.45) is 1.46. The Kier molecular flexibility index (Phi) is 4.61. The molecular weight excluding hydrogens is 332 g/mol. The van der Waals surface area contributed by atoms with Crippen LogP contribution in [0.25, 0.3) is 5.65 Å². The Hall–Kier alpha value is -2.29. The van der Waals surface area contributed by atoms with E-state index in [0.717, 1.165) is 5.75 Å². The molecule has 2 aromatic heterocycles. The van der Waals surface area contributed by atoms with Crippen molar-refractivity contribution in [2.45, 2.75) is 25.8 Å². The third-order valence-corrected chi connectivity index (χ3v) is 5.22.